The van der Waals surface area contributed by atoms with E-state index in [9.17, 15) is 0 Å². The first-order chi connectivity index (χ1) is 8.90. The minimum absolute atomic E-state index is 0.239. The Balaban J connectivity index is 1.89. The van der Waals surface area contributed by atoms with Gasteiger partial charge in [-0.25, -0.2) is 0 Å². The third-order valence-electron chi connectivity index (χ3n) is 4.68. The van der Waals surface area contributed by atoms with Crippen LogP contribution in [-0.4, -0.2) is 48.3 Å². The molecule has 0 amide bonds. The molecule has 0 aromatic rings. The molecular weight excluding hydrogens is 236 g/mol. The third kappa shape index (κ3) is 3.93. The normalized spacial score (nSPS) is 37.1. The summed E-state index contributed by atoms with van der Waals surface area (Å²) in [6.45, 7) is 14.5. The van der Waals surface area contributed by atoms with Crippen LogP contribution in [0, 0.1) is 5.92 Å². The second-order valence-corrected chi connectivity index (χ2v) is 7.44. The summed E-state index contributed by atoms with van der Waals surface area (Å²) in [5, 5.41) is 3.68. The van der Waals surface area contributed by atoms with Crippen molar-refractivity contribution in [1.82, 2.24) is 10.2 Å². The van der Waals surface area contributed by atoms with E-state index in [0.29, 0.717) is 12.1 Å². The molecule has 112 valence electrons. The maximum absolute atomic E-state index is 5.82. The lowest BCUT2D eigenvalue weighted by atomic mass is 9.77. The second kappa shape index (κ2) is 6.11. The predicted molar refractivity (Wildman–Crippen MR) is 80.5 cm³/mol. The van der Waals surface area contributed by atoms with Crippen molar-refractivity contribution in [2.24, 2.45) is 5.92 Å². The van der Waals surface area contributed by atoms with Crippen molar-refractivity contribution < 1.29 is 4.74 Å². The lowest BCUT2D eigenvalue weighted by Gasteiger charge is -2.51. The van der Waals surface area contributed by atoms with Crippen LogP contribution >= 0.6 is 0 Å². The minimum atomic E-state index is 0.239. The predicted octanol–water partition coefficient (Wildman–Crippen LogP) is 2.65. The van der Waals surface area contributed by atoms with Crippen LogP contribution in [-0.2, 0) is 4.74 Å². The number of hydrogen-bond donors (Lipinski definition) is 1. The highest BCUT2D eigenvalue weighted by atomic mass is 16.5. The highest BCUT2D eigenvalue weighted by molar-refractivity contribution is 4.95. The van der Waals surface area contributed by atoms with Crippen LogP contribution in [0.1, 0.15) is 53.9 Å². The van der Waals surface area contributed by atoms with E-state index in [2.05, 4.69) is 44.8 Å². The molecule has 19 heavy (non-hydrogen) atoms. The fourth-order valence-electron chi connectivity index (χ4n) is 3.29. The molecule has 0 aromatic heterocycles. The Morgan fingerprint density at radius 3 is 2.53 bits per heavy atom. The molecule has 1 aliphatic carbocycles. The second-order valence-electron chi connectivity index (χ2n) is 7.44. The Bertz CT molecular complexity index is 287. The van der Waals surface area contributed by atoms with Gasteiger partial charge < -0.3 is 10.1 Å². The first-order valence-electron chi connectivity index (χ1n) is 8.03. The summed E-state index contributed by atoms with van der Waals surface area (Å²) in [5.74, 6) is 0.832. The fraction of sp³-hybridized carbons (Fsp3) is 1.00. The molecule has 1 aliphatic heterocycles. The monoisotopic (exact) mass is 268 g/mol. The summed E-state index contributed by atoms with van der Waals surface area (Å²) in [5.41, 5.74) is 0.239. The van der Waals surface area contributed by atoms with Gasteiger partial charge in [0.2, 0.25) is 0 Å². The quantitative estimate of drug-likeness (QED) is 0.848. The SMILES string of the molecule is CCC1COC(C)CN1C1CCC1CNC(C)(C)C. The lowest BCUT2D eigenvalue weighted by molar-refractivity contribution is -0.0989. The van der Waals surface area contributed by atoms with E-state index in [0.717, 1.165) is 31.7 Å². The van der Waals surface area contributed by atoms with Crippen molar-refractivity contribution in [3.8, 4) is 0 Å². The number of hydrogen-bond acceptors (Lipinski definition) is 3. The molecule has 2 rings (SSSR count). The van der Waals surface area contributed by atoms with Crippen molar-refractivity contribution in [1.29, 1.82) is 0 Å². The van der Waals surface area contributed by atoms with Crippen molar-refractivity contribution in [2.75, 3.05) is 19.7 Å². The van der Waals surface area contributed by atoms with Gasteiger partial charge in [0.15, 0.2) is 0 Å². The van der Waals surface area contributed by atoms with Gasteiger partial charge in [0.1, 0.15) is 0 Å². The van der Waals surface area contributed by atoms with Gasteiger partial charge in [-0.2, -0.15) is 0 Å². The maximum Gasteiger partial charge on any atom is 0.0674 e. The number of ether oxygens (including phenoxy) is 1. The molecule has 3 heteroatoms. The van der Waals surface area contributed by atoms with Gasteiger partial charge in [-0.05, 0) is 59.4 Å². The first kappa shape index (κ1) is 15.3. The average Bonchev–Trinajstić information content (AvgIpc) is 2.26. The van der Waals surface area contributed by atoms with Crippen LogP contribution in [0.3, 0.4) is 0 Å². The first-order valence-corrected chi connectivity index (χ1v) is 8.03. The van der Waals surface area contributed by atoms with Crippen molar-refractivity contribution >= 4 is 0 Å². The van der Waals surface area contributed by atoms with Gasteiger partial charge in [-0.1, -0.05) is 6.92 Å². The highest BCUT2D eigenvalue weighted by Gasteiger charge is 2.40. The number of nitrogens with zero attached hydrogens (tertiary/aromatic N) is 1. The summed E-state index contributed by atoms with van der Waals surface area (Å²) in [6, 6.07) is 1.42. The summed E-state index contributed by atoms with van der Waals surface area (Å²) < 4.78 is 5.82. The number of nitrogens with one attached hydrogen (secondary N) is 1. The van der Waals surface area contributed by atoms with E-state index in [-0.39, 0.29) is 5.54 Å². The molecule has 1 saturated heterocycles. The summed E-state index contributed by atoms with van der Waals surface area (Å²) in [6.07, 6.45) is 4.37. The minimum Gasteiger partial charge on any atom is -0.376 e. The van der Waals surface area contributed by atoms with Crippen molar-refractivity contribution in [3.05, 3.63) is 0 Å². The summed E-state index contributed by atoms with van der Waals surface area (Å²) in [7, 11) is 0. The van der Waals surface area contributed by atoms with Crippen LogP contribution in [0.5, 0.6) is 0 Å². The molecule has 0 bridgehead atoms. The molecule has 0 aromatic carbocycles. The fourth-order valence-corrected chi connectivity index (χ4v) is 3.29. The van der Waals surface area contributed by atoms with E-state index in [4.69, 9.17) is 4.74 Å². The van der Waals surface area contributed by atoms with Crippen LogP contribution in [0.4, 0.5) is 0 Å². The van der Waals surface area contributed by atoms with Gasteiger partial charge in [0.25, 0.3) is 0 Å². The van der Waals surface area contributed by atoms with Gasteiger partial charge in [-0.3, -0.25) is 4.90 Å². The Kier molecular flexibility index (Phi) is 4.91. The Labute approximate surface area is 119 Å². The summed E-state index contributed by atoms with van der Waals surface area (Å²) >= 11 is 0. The van der Waals surface area contributed by atoms with E-state index >= 15 is 0 Å². The number of morpholine rings is 1. The standard InChI is InChI=1S/C16H32N2O/c1-6-14-11-19-12(2)10-18(14)15-8-7-13(15)9-17-16(3,4)5/h12-15,17H,6-11H2,1-5H3. The van der Waals surface area contributed by atoms with E-state index in [1.165, 1.54) is 19.3 Å². The van der Waals surface area contributed by atoms with Crippen molar-refractivity contribution in [2.45, 2.75) is 77.6 Å². The lowest BCUT2D eigenvalue weighted by Crippen LogP contribution is -2.60. The molecule has 3 nitrogen and oxygen atoms in total. The molecule has 2 fully saturated rings. The largest absolute Gasteiger partial charge is 0.376 e. The topological polar surface area (TPSA) is 24.5 Å². The molecule has 0 radical (unpaired) electrons. The zero-order chi connectivity index (χ0) is 14.0. The molecule has 2 aliphatic rings. The van der Waals surface area contributed by atoms with Crippen LogP contribution in [0.15, 0.2) is 0 Å². The number of rotatable bonds is 4. The average molecular weight is 268 g/mol. The van der Waals surface area contributed by atoms with Crippen LogP contribution in [0.2, 0.25) is 0 Å². The molecule has 1 N–H and O–H groups in total. The molecule has 1 heterocycles. The van der Waals surface area contributed by atoms with Crippen molar-refractivity contribution in [3.63, 3.8) is 0 Å². The van der Waals surface area contributed by atoms with Gasteiger partial charge in [-0.15, -0.1) is 0 Å². The molecule has 1 saturated carbocycles. The molecule has 4 unspecified atom stereocenters. The summed E-state index contributed by atoms with van der Waals surface area (Å²) in [4.78, 5) is 2.74. The Morgan fingerprint density at radius 1 is 1.26 bits per heavy atom. The Morgan fingerprint density at radius 2 is 2.00 bits per heavy atom. The Hall–Kier alpha value is -0.120. The maximum atomic E-state index is 5.82. The zero-order valence-corrected chi connectivity index (χ0v) is 13.4. The molecule has 4 atom stereocenters. The smallest absolute Gasteiger partial charge is 0.0674 e. The highest BCUT2D eigenvalue weighted by Crippen LogP contribution is 2.35. The van der Waals surface area contributed by atoms with Gasteiger partial charge >= 0.3 is 0 Å². The van der Waals surface area contributed by atoms with Gasteiger partial charge in [0, 0.05) is 24.2 Å². The van der Waals surface area contributed by atoms with E-state index in [1.807, 2.05) is 0 Å². The molecule has 0 spiro atoms. The molecular formula is C16H32N2O. The van der Waals surface area contributed by atoms with E-state index in [1.54, 1.807) is 0 Å². The third-order valence-corrected chi connectivity index (χ3v) is 4.68. The zero-order valence-electron chi connectivity index (χ0n) is 13.4. The van der Waals surface area contributed by atoms with Gasteiger partial charge in [0.05, 0.1) is 12.7 Å². The van der Waals surface area contributed by atoms with E-state index < -0.39 is 0 Å². The van der Waals surface area contributed by atoms with Crippen LogP contribution < -0.4 is 5.32 Å². The van der Waals surface area contributed by atoms with Crippen LogP contribution in [0.25, 0.3) is 0 Å².